The second-order valence-corrected chi connectivity index (χ2v) is 9.54. The van der Waals surface area contributed by atoms with Gasteiger partial charge in [0.05, 0.1) is 22.1 Å². The maximum absolute atomic E-state index is 12.8. The van der Waals surface area contributed by atoms with Gasteiger partial charge in [-0.15, -0.1) is 0 Å². The molecule has 4 rings (SSSR count). The monoisotopic (exact) mass is 533 g/mol. The number of rotatable bonds is 7. The first kappa shape index (κ1) is 26.3. The van der Waals surface area contributed by atoms with E-state index in [2.05, 4.69) is 4.99 Å². The number of carbonyl (C=O) groups excluding carboxylic acids is 2. The van der Waals surface area contributed by atoms with Crippen molar-refractivity contribution in [2.45, 2.75) is 20.5 Å². The zero-order chi connectivity index (χ0) is 26.4. The molecule has 0 saturated carbocycles. The van der Waals surface area contributed by atoms with Gasteiger partial charge in [-0.25, -0.2) is 9.79 Å². The first-order valence-electron chi connectivity index (χ1n) is 11.5. The molecule has 0 bridgehead atoms. The average Bonchev–Trinajstić information content (AvgIpc) is 3.19. The van der Waals surface area contributed by atoms with Crippen molar-refractivity contribution < 1.29 is 24.2 Å². The highest BCUT2D eigenvalue weighted by molar-refractivity contribution is 8.18. The predicted molar refractivity (Wildman–Crippen MR) is 147 cm³/mol. The van der Waals surface area contributed by atoms with E-state index in [0.29, 0.717) is 17.3 Å². The van der Waals surface area contributed by atoms with Gasteiger partial charge < -0.3 is 14.6 Å². The minimum absolute atomic E-state index is 0.0465. The highest BCUT2D eigenvalue weighted by Gasteiger charge is 2.34. The number of esters is 1. The van der Waals surface area contributed by atoms with E-state index in [0.717, 1.165) is 22.9 Å². The summed E-state index contributed by atoms with van der Waals surface area (Å²) in [5.41, 5.74) is 3.06. The Balaban J connectivity index is 1.55. The molecule has 1 aliphatic heterocycles. The molecule has 0 saturated heterocycles. The Morgan fingerprint density at radius 1 is 1.03 bits per heavy atom. The normalized spacial score (nSPS) is 15.3. The van der Waals surface area contributed by atoms with E-state index in [1.54, 1.807) is 37.3 Å². The number of carbonyl (C=O) groups is 2. The Hall–Kier alpha value is -3.81. The molecule has 1 amide bonds. The number of aryl methyl sites for hydroxylation is 1. The molecular weight excluding hydrogens is 510 g/mol. The van der Waals surface area contributed by atoms with Gasteiger partial charge in [-0.1, -0.05) is 77.5 Å². The number of aliphatic imine (C=N–C) groups is 1. The van der Waals surface area contributed by atoms with Crippen LogP contribution in [0, 0.1) is 6.92 Å². The third-order valence-corrected chi connectivity index (χ3v) is 6.73. The summed E-state index contributed by atoms with van der Waals surface area (Å²) in [6.07, 6.45) is 1.70. The van der Waals surface area contributed by atoms with Gasteiger partial charge in [-0.05, 0) is 55.3 Å². The van der Waals surface area contributed by atoms with Crippen LogP contribution in [0.1, 0.15) is 34.0 Å². The molecule has 0 atom stereocenters. The summed E-state index contributed by atoms with van der Waals surface area (Å²) >= 11 is 7.13. The van der Waals surface area contributed by atoms with Gasteiger partial charge in [0.25, 0.3) is 5.91 Å². The summed E-state index contributed by atoms with van der Waals surface area (Å²) in [5.74, 6) is -0.990. The minimum atomic E-state index is -0.763. The number of halogens is 1. The molecular formula is C29H24ClNO5S. The lowest BCUT2D eigenvalue weighted by Gasteiger charge is -2.07. The Kier molecular flexibility index (Phi) is 8.48. The Labute approximate surface area is 224 Å². The maximum Gasteiger partial charge on any atom is 0.344 e. The highest BCUT2D eigenvalue weighted by atomic mass is 35.5. The van der Waals surface area contributed by atoms with E-state index < -0.39 is 11.9 Å². The summed E-state index contributed by atoms with van der Waals surface area (Å²) in [6.45, 7) is 4.24. The largest absolute Gasteiger partial charge is 0.506 e. The number of benzene rings is 3. The van der Waals surface area contributed by atoms with Crippen LogP contribution in [0.2, 0.25) is 5.02 Å². The summed E-state index contributed by atoms with van der Waals surface area (Å²) < 4.78 is 10.9. The molecule has 0 unspecified atom stereocenters. The van der Waals surface area contributed by atoms with Crippen molar-refractivity contribution in [2.75, 3.05) is 6.61 Å². The summed E-state index contributed by atoms with van der Waals surface area (Å²) in [4.78, 5) is 29.8. The first-order chi connectivity index (χ1) is 17.9. The van der Waals surface area contributed by atoms with Crippen molar-refractivity contribution in [2.24, 2.45) is 4.99 Å². The molecule has 1 aliphatic rings. The molecule has 188 valence electrons. The molecule has 37 heavy (non-hydrogen) atoms. The number of ether oxygens (including phenoxy) is 2. The highest BCUT2D eigenvalue weighted by Crippen LogP contribution is 2.39. The van der Waals surface area contributed by atoms with Crippen LogP contribution in [-0.2, 0) is 16.1 Å². The number of aliphatic hydroxyl groups excluding tert-OH is 1. The van der Waals surface area contributed by atoms with Crippen LogP contribution in [0.4, 0.5) is 0 Å². The predicted octanol–water partition coefficient (Wildman–Crippen LogP) is 6.93. The van der Waals surface area contributed by atoms with Gasteiger partial charge in [0.15, 0.2) is 0 Å². The minimum Gasteiger partial charge on any atom is -0.506 e. The van der Waals surface area contributed by atoms with Crippen molar-refractivity contribution in [1.29, 1.82) is 0 Å². The lowest BCUT2D eigenvalue weighted by Crippen LogP contribution is -2.14. The second kappa shape index (κ2) is 12.0. The van der Waals surface area contributed by atoms with Gasteiger partial charge in [-0.2, -0.15) is 0 Å². The van der Waals surface area contributed by atoms with E-state index >= 15 is 0 Å². The van der Waals surface area contributed by atoms with Gasteiger partial charge in [-0.3, -0.25) is 4.79 Å². The quantitative estimate of drug-likeness (QED) is 0.331. The zero-order valence-corrected chi connectivity index (χ0v) is 21.8. The Morgan fingerprint density at radius 3 is 2.41 bits per heavy atom. The molecule has 3 aromatic carbocycles. The van der Waals surface area contributed by atoms with Gasteiger partial charge in [0, 0.05) is 0 Å². The Morgan fingerprint density at radius 2 is 1.73 bits per heavy atom. The molecule has 0 aliphatic carbocycles. The fourth-order valence-corrected chi connectivity index (χ4v) is 4.67. The fraction of sp³-hybridized carbons (Fsp3) is 0.138. The van der Waals surface area contributed by atoms with Gasteiger partial charge in [0.1, 0.15) is 28.7 Å². The molecule has 0 radical (unpaired) electrons. The average molecular weight is 534 g/mol. The standard InChI is InChI=1S/C29H24ClNO5S/c1-3-35-29(34)25-26(32)24(37-28(25)31-27(33)22-6-4-5-7-23(22)30)16-19-12-14-21(15-13-19)36-17-20-10-8-18(2)9-11-20/h4-16,32H,3,17H2,1-2H3/b24-16-,31-28?. The van der Waals surface area contributed by atoms with Gasteiger partial charge >= 0.3 is 5.97 Å². The van der Waals surface area contributed by atoms with Crippen LogP contribution in [0.25, 0.3) is 6.08 Å². The van der Waals surface area contributed by atoms with Crippen LogP contribution in [-0.4, -0.2) is 28.6 Å². The van der Waals surface area contributed by atoms with Crippen LogP contribution >= 0.6 is 23.4 Å². The number of hydrogen-bond acceptors (Lipinski definition) is 6. The third-order valence-electron chi connectivity index (χ3n) is 5.38. The van der Waals surface area contributed by atoms with E-state index in [9.17, 15) is 14.7 Å². The number of hydrogen-bond donors (Lipinski definition) is 1. The molecule has 1 N–H and O–H groups in total. The molecule has 0 spiro atoms. The van der Waals surface area contributed by atoms with Crippen molar-refractivity contribution in [3.05, 3.63) is 116 Å². The zero-order valence-electron chi connectivity index (χ0n) is 20.2. The summed E-state index contributed by atoms with van der Waals surface area (Å²) in [6, 6.07) is 21.9. The lowest BCUT2D eigenvalue weighted by atomic mass is 10.1. The SMILES string of the molecule is CCOC(=O)C1=C(O)/C(=C/c2ccc(OCc3ccc(C)cc3)cc2)SC1=NC(=O)c1ccccc1Cl. The molecule has 1 heterocycles. The van der Waals surface area contributed by atoms with Crippen LogP contribution in [0.3, 0.4) is 0 Å². The maximum atomic E-state index is 12.8. The molecule has 3 aromatic rings. The topological polar surface area (TPSA) is 85.2 Å². The summed E-state index contributed by atoms with van der Waals surface area (Å²) in [5, 5.41) is 11.1. The Bertz CT molecular complexity index is 1410. The molecule has 6 nitrogen and oxygen atoms in total. The molecule has 0 aromatic heterocycles. The second-order valence-electron chi connectivity index (χ2n) is 8.10. The summed E-state index contributed by atoms with van der Waals surface area (Å²) in [7, 11) is 0. The van der Waals surface area contributed by atoms with E-state index in [1.165, 1.54) is 5.56 Å². The third kappa shape index (κ3) is 6.50. The van der Waals surface area contributed by atoms with Crippen LogP contribution < -0.4 is 4.74 Å². The number of thioether (sulfide) groups is 1. The van der Waals surface area contributed by atoms with Crippen LogP contribution in [0.15, 0.2) is 94.0 Å². The van der Waals surface area contributed by atoms with Crippen molar-refractivity contribution in [3.8, 4) is 5.75 Å². The van der Waals surface area contributed by atoms with Crippen molar-refractivity contribution in [1.82, 2.24) is 0 Å². The molecule has 8 heteroatoms. The van der Waals surface area contributed by atoms with E-state index in [1.807, 2.05) is 55.5 Å². The lowest BCUT2D eigenvalue weighted by molar-refractivity contribution is -0.138. The first-order valence-corrected chi connectivity index (χ1v) is 12.7. The number of amides is 1. The number of nitrogens with zero attached hydrogens (tertiary/aromatic N) is 1. The van der Waals surface area contributed by atoms with Gasteiger partial charge in [0.2, 0.25) is 0 Å². The van der Waals surface area contributed by atoms with Crippen molar-refractivity contribution >= 4 is 46.4 Å². The van der Waals surface area contributed by atoms with Crippen molar-refractivity contribution in [3.63, 3.8) is 0 Å². The fourth-order valence-electron chi connectivity index (χ4n) is 3.44. The van der Waals surface area contributed by atoms with Crippen LogP contribution in [0.5, 0.6) is 5.75 Å². The number of aliphatic hydroxyl groups is 1. The van der Waals surface area contributed by atoms with E-state index in [-0.39, 0.29) is 33.6 Å². The smallest absolute Gasteiger partial charge is 0.344 e. The molecule has 0 fully saturated rings. The van der Waals surface area contributed by atoms with E-state index in [4.69, 9.17) is 21.1 Å².